The predicted octanol–water partition coefficient (Wildman–Crippen LogP) is 5.58. The van der Waals surface area contributed by atoms with Crippen LogP contribution in [0.1, 0.15) is 80.4 Å². The fourth-order valence-corrected chi connectivity index (χ4v) is 5.08. The van der Waals surface area contributed by atoms with Crippen LogP contribution in [0, 0.1) is 24.6 Å². The maximum atomic E-state index is 13.8. The minimum Gasteiger partial charge on any atom is -0.493 e. The van der Waals surface area contributed by atoms with E-state index in [1.807, 2.05) is 13.8 Å². The Kier molecular flexibility index (Phi) is 9.18. The molecule has 1 aliphatic carbocycles. The van der Waals surface area contributed by atoms with Crippen molar-refractivity contribution in [1.82, 2.24) is 4.98 Å². The van der Waals surface area contributed by atoms with Crippen LogP contribution < -0.4 is 9.47 Å². The number of nitrogens with zero attached hydrogens (tertiary/aromatic N) is 1. The van der Waals surface area contributed by atoms with Gasteiger partial charge in [-0.15, -0.1) is 0 Å². The number of carbonyl (C=O) groups is 3. The Morgan fingerprint density at radius 3 is 2.44 bits per heavy atom. The van der Waals surface area contributed by atoms with Gasteiger partial charge in [-0.1, -0.05) is 25.8 Å². The Balaban J connectivity index is 1.75. The Labute approximate surface area is 211 Å². The molecule has 0 unspecified atom stereocenters. The molecule has 0 amide bonds. The fraction of sp³-hybridized carbons (Fsp3) is 0.500. The number of benzene rings is 1. The van der Waals surface area contributed by atoms with Crippen LogP contribution in [0.4, 0.5) is 4.39 Å². The van der Waals surface area contributed by atoms with E-state index >= 15 is 0 Å². The molecule has 1 saturated carbocycles. The minimum absolute atomic E-state index is 0.0597. The summed E-state index contributed by atoms with van der Waals surface area (Å²) in [7, 11) is 1.39. The number of esters is 2. The van der Waals surface area contributed by atoms with Gasteiger partial charge in [0.1, 0.15) is 11.9 Å². The molecule has 36 heavy (non-hydrogen) atoms. The molecule has 0 N–H and O–H groups in total. The van der Waals surface area contributed by atoms with Crippen molar-refractivity contribution in [3.05, 3.63) is 53.1 Å². The van der Waals surface area contributed by atoms with Crippen molar-refractivity contribution in [2.75, 3.05) is 7.11 Å². The van der Waals surface area contributed by atoms with Crippen LogP contribution in [0.2, 0.25) is 0 Å². The highest BCUT2D eigenvalue weighted by molar-refractivity contribution is 5.99. The lowest BCUT2D eigenvalue weighted by atomic mass is 9.79. The van der Waals surface area contributed by atoms with E-state index in [0.29, 0.717) is 5.92 Å². The molecule has 1 fully saturated rings. The smallest absolute Gasteiger partial charge is 0.309 e. The summed E-state index contributed by atoms with van der Waals surface area (Å²) in [6.07, 6.45) is 5.03. The second-order valence-corrected chi connectivity index (χ2v) is 9.53. The van der Waals surface area contributed by atoms with E-state index < -0.39 is 29.7 Å². The third kappa shape index (κ3) is 6.47. The van der Waals surface area contributed by atoms with Crippen molar-refractivity contribution in [2.24, 2.45) is 11.8 Å². The lowest BCUT2D eigenvalue weighted by molar-refractivity contribution is -0.154. The molecule has 1 aliphatic rings. The molecule has 0 spiro atoms. The predicted molar refractivity (Wildman–Crippen MR) is 132 cm³/mol. The lowest BCUT2D eigenvalue weighted by Crippen LogP contribution is -2.30. The SMILES string of the molecule is COc1ccnc(C(=O)C[C@@H](C)C(=O)O[C@@H](C)[C@@H](c2ccc(F)cc2C)C2CCCC2)c1OC(C)=O. The van der Waals surface area contributed by atoms with E-state index in [0.717, 1.165) is 36.8 Å². The van der Waals surface area contributed by atoms with Gasteiger partial charge in [-0.25, -0.2) is 9.37 Å². The van der Waals surface area contributed by atoms with Crippen LogP contribution in [-0.4, -0.2) is 35.9 Å². The molecular weight excluding hydrogens is 465 g/mol. The number of ether oxygens (including phenoxy) is 3. The fourth-order valence-electron chi connectivity index (χ4n) is 5.08. The zero-order valence-corrected chi connectivity index (χ0v) is 21.5. The first kappa shape index (κ1) is 27.3. The number of aromatic nitrogens is 1. The Morgan fingerprint density at radius 2 is 1.83 bits per heavy atom. The zero-order chi connectivity index (χ0) is 26.4. The molecule has 1 heterocycles. The average Bonchev–Trinajstić information content (AvgIpc) is 3.34. The highest BCUT2D eigenvalue weighted by Crippen LogP contribution is 2.41. The first-order valence-electron chi connectivity index (χ1n) is 12.3. The van der Waals surface area contributed by atoms with Gasteiger partial charge in [-0.05, 0) is 55.9 Å². The molecule has 0 radical (unpaired) electrons. The van der Waals surface area contributed by atoms with Gasteiger partial charge in [0, 0.05) is 31.5 Å². The van der Waals surface area contributed by atoms with Crippen molar-refractivity contribution in [3.63, 3.8) is 0 Å². The van der Waals surface area contributed by atoms with Gasteiger partial charge in [-0.2, -0.15) is 0 Å². The molecule has 1 aromatic heterocycles. The van der Waals surface area contributed by atoms with Gasteiger partial charge in [0.25, 0.3) is 0 Å². The first-order valence-corrected chi connectivity index (χ1v) is 12.3. The van der Waals surface area contributed by atoms with Crippen LogP contribution in [0.5, 0.6) is 11.5 Å². The maximum absolute atomic E-state index is 13.8. The quantitative estimate of drug-likeness (QED) is 0.311. The van der Waals surface area contributed by atoms with E-state index in [1.165, 1.54) is 38.4 Å². The van der Waals surface area contributed by atoms with Gasteiger partial charge in [0.05, 0.1) is 13.0 Å². The number of pyridine rings is 1. The van der Waals surface area contributed by atoms with Crippen molar-refractivity contribution in [2.45, 2.75) is 71.8 Å². The normalized spacial score (nSPS) is 16.2. The summed E-state index contributed by atoms with van der Waals surface area (Å²) in [5.74, 6) is -2.24. The molecule has 2 aromatic rings. The van der Waals surface area contributed by atoms with Crippen molar-refractivity contribution in [3.8, 4) is 11.5 Å². The Bertz CT molecular complexity index is 1110. The first-order chi connectivity index (χ1) is 17.1. The molecule has 3 rings (SSSR count). The summed E-state index contributed by atoms with van der Waals surface area (Å²) in [4.78, 5) is 41.6. The number of halogens is 1. The third-order valence-electron chi connectivity index (χ3n) is 6.80. The van der Waals surface area contributed by atoms with Crippen LogP contribution >= 0.6 is 0 Å². The molecule has 3 atom stereocenters. The van der Waals surface area contributed by atoms with E-state index in [4.69, 9.17) is 14.2 Å². The number of ketones is 1. The lowest BCUT2D eigenvalue weighted by Gasteiger charge is -2.31. The molecule has 0 saturated heterocycles. The van der Waals surface area contributed by atoms with Crippen LogP contribution in [0.3, 0.4) is 0 Å². The third-order valence-corrected chi connectivity index (χ3v) is 6.80. The second kappa shape index (κ2) is 12.1. The van der Waals surface area contributed by atoms with Crippen LogP contribution in [-0.2, 0) is 14.3 Å². The summed E-state index contributed by atoms with van der Waals surface area (Å²) < 4.78 is 30.0. The summed E-state index contributed by atoms with van der Waals surface area (Å²) in [6, 6.07) is 6.22. The topological polar surface area (TPSA) is 91.8 Å². The van der Waals surface area contributed by atoms with Gasteiger partial charge in [0.15, 0.2) is 17.2 Å². The molecule has 0 aliphatic heterocycles. The second-order valence-electron chi connectivity index (χ2n) is 9.53. The molecule has 8 heteroatoms. The van der Waals surface area contributed by atoms with Crippen molar-refractivity contribution >= 4 is 17.7 Å². The number of Topliss-reactive ketones (excluding diaryl/α,β-unsaturated/α-hetero) is 1. The summed E-state index contributed by atoms with van der Waals surface area (Å²) in [5, 5.41) is 0. The molecule has 7 nitrogen and oxygen atoms in total. The molecule has 0 bridgehead atoms. The standard InChI is InChI=1S/C28H34FNO6/c1-16-14-21(29)10-11-22(16)25(20-8-6-7-9-20)18(3)35-28(33)17(2)15-23(32)26-27(36-19(4)31)24(34-5)12-13-30-26/h10-14,17-18,20,25H,6-9,15H2,1-5H3/t17-,18+,25-/m1/s1. The summed E-state index contributed by atoms with van der Waals surface area (Å²) >= 11 is 0. The van der Waals surface area contributed by atoms with Crippen molar-refractivity contribution < 1.29 is 33.0 Å². The van der Waals surface area contributed by atoms with E-state index in [9.17, 15) is 18.8 Å². The Morgan fingerprint density at radius 1 is 1.14 bits per heavy atom. The van der Waals surface area contributed by atoms with Crippen LogP contribution in [0.15, 0.2) is 30.5 Å². The average molecular weight is 500 g/mol. The number of rotatable bonds is 10. The molecular formula is C28H34FNO6. The van der Waals surface area contributed by atoms with Gasteiger partial charge < -0.3 is 14.2 Å². The van der Waals surface area contributed by atoms with E-state index in [1.54, 1.807) is 13.0 Å². The van der Waals surface area contributed by atoms with E-state index in [-0.39, 0.29) is 35.3 Å². The number of hydrogen-bond acceptors (Lipinski definition) is 7. The zero-order valence-electron chi connectivity index (χ0n) is 21.5. The van der Waals surface area contributed by atoms with Gasteiger partial charge >= 0.3 is 11.9 Å². The summed E-state index contributed by atoms with van der Waals surface area (Å²) in [6.45, 7) is 6.57. The monoisotopic (exact) mass is 499 g/mol. The molecule has 1 aromatic carbocycles. The number of aryl methyl sites for hydroxylation is 1. The molecule has 194 valence electrons. The number of methoxy groups -OCH3 is 1. The summed E-state index contributed by atoms with van der Waals surface area (Å²) in [5.41, 5.74) is 1.74. The Hall–Kier alpha value is -3.29. The number of carbonyl (C=O) groups excluding carboxylic acids is 3. The van der Waals surface area contributed by atoms with Gasteiger partial charge in [-0.3, -0.25) is 14.4 Å². The van der Waals surface area contributed by atoms with Gasteiger partial charge in [0.2, 0.25) is 5.75 Å². The van der Waals surface area contributed by atoms with Crippen molar-refractivity contribution in [1.29, 1.82) is 0 Å². The largest absolute Gasteiger partial charge is 0.493 e. The minimum atomic E-state index is -0.753. The highest BCUT2D eigenvalue weighted by Gasteiger charge is 2.35. The number of hydrogen-bond donors (Lipinski definition) is 0. The maximum Gasteiger partial charge on any atom is 0.309 e. The highest BCUT2D eigenvalue weighted by atomic mass is 19.1. The van der Waals surface area contributed by atoms with E-state index in [2.05, 4.69) is 4.98 Å². The van der Waals surface area contributed by atoms with Crippen LogP contribution in [0.25, 0.3) is 0 Å².